The van der Waals surface area contributed by atoms with Crippen molar-refractivity contribution >= 4 is 27.5 Å². The molecule has 104 valence electrons. The lowest BCUT2D eigenvalue weighted by molar-refractivity contribution is 0.0238. The number of hydrogen-bond acceptors (Lipinski definition) is 3. The quantitative estimate of drug-likeness (QED) is 0.839. The summed E-state index contributed by atoms with van der Waals surface area (Å²) in [4.78, 5) is 12.1. The Bertz CT molecular complexity index is 450. The molecule has 0 aliphatic carbocycles. The van der Waals surface area contributed by atoms with Crippen molar-refractivity contribution in [1.29, 1.82) is 0 Å². The average molecular weight is 327 g/mol. The van der Waals surface area contributed by atoms with Crippen LogP contribution in [0.5, 0.6) is 0 Å². The predicted molar refractivity (Wildman–Crippen MR) is 79.0 cm³/mol. The van der Waals surface area contributed by atoms with Crippen LogP contribution in [0.15, 0.2) is 22.7 Å². The summed E-state index contributed by atoms with van der Waals surface area (Å²) in [5.74, 6) is -0.0827. The lowest BCUT2D eigenvalue weighted by atomic mass is 9.82. The summed E-state index contributed by atoms with van der Waals surface area (Å²) in [7, 11) is 0. The summed E-state index contributed by atoms with van der Waals surface area (Å²) in [5.41, 5.74) is 7.03. The molecule has 1 aliphatic rings. The highest BCUT2D eigenvalue weighted by atomic mass is 79.9. The number of benzene rings is 1. The first-order valence-corrected chi connectivity index (χ1v) is 7.20. The van der Waals surface area contributed by atoms with Gasteiger partial charge in [-0.3, -0.25) is 4.79 Å². The molecule has 1 aromatic rings. The van der Waals surface area contributed by atoms with E-state index in [4.69, 9.17) is 10.5 Å². The number of carbonyl (C=O) groups excluding carboxylic acids is 1. The van der Waals surface area contributed by atoms with Crippen LogP contribution in [-0.2, 0) is 4.74 Å². The number of carbonyl (C=O) groups is 1. The number of hydrogen-bond donors (Lipinski definition) is 2. The maximum Gasteiger partial charge on any atom is 0.251 e. The second kappa shape index (κ2) is 5.92. The van der Waals surface area contributed by atoms with Crippen molar-refractivity contribution in [3.05, 3.63) is 28.2 Å². The molecule has 0 aromatic heterocycles. The van der Waals surface area contributed by atoms with Crippen molar-refractivity contribution in [1.82, 2.24) is 5.32 Å². The van der Waals surface area contributed by atoms with E-state index in [1.165, 1.54) is 0 Å². The van der Waals surface area contributed by atoms with E-state index < -0.39 is 0 Å². The molecule has 1 aromatic carbocycles. The molecule has 5 heteroatoms. The monoisotopic (exact) mass is 326 g/mol. The number of rotatable bonds is 3. The number of anilines is 1. The van der Waals surface area contributed by atoms with Crippen LogP contribution in [-0.4, -0.2) is 25.7 Å². The van der Waals surface area contributed by atoms with Crippen molar-refractivity contribution in [2.45, 2.75) is 19.8 Å². The minimum absolute atomic E-state index is 0.0827. The molecule has 0 atom stereocenters. The second-order valence-corrected chi connectivity index (χ2v) is 6.29. The molecular weight excluding hydrogens is 308 g/mol. The molecule has 0 radical (unpaired) electrons. The molecule has 1 fully saturated rings. The van der Waals surface area contributed by atoms with Crippen LogP contribution < -0.4 is 11.1 Å². The molecule has 1 saturated heterocycles. The number of nitrogens with one attached hydrogen (secondary N) is 1. The van der Waals surface area contributed by atoms with Gasteiger partial charge in [0.2, 0.25) is 0 Å². The minimum Gasteiger partial charge on any atom is -0.399 e. The van der Waals surface area contributed by atoms with E-state index >= 15 is 0 Å². The third kappa shape index (κ3) is 3.94. The molecule has 4 nitrogen and oxygen atoms in total. The van der Waals surface area contributed by atoms with Crippen LogP contribution >= 0.6 is 15.9 Å². The van der Waals surface area contributed by atoms with Crippen molar-refractivity contribution in [3.8, 4) is 0 Å². The Hall–Kier alpha value is -1.07. The van der Waals surface area contributed by atoms with Gasteiger partial charge in [0.1, 0.15) is 0 Å². The molecule has 0 saturated carbocycles. The Morgan fingerprint density at radius 3 is 2.74 bits per heavy atom. The number of nitrogen functional groups attached to an aromatic ring is 1. The Labute approximate surface area is 121 Å². The highest BCUT2D eigenvalue weighted by molar-refractivity contribution is 9.10. The van der Waals surface area contributed by atoms with Crippen LogP contribution in [0.2, 0.25) is 0 Å². The molecule has 2 rings (SSSR count). The Balaban J connectivity index is 1.97. The van der Waals surface area contributed by atoms with E-state index in [1.807, 2.05) is 0 Å². The SMILES string of the molecule is CC1(CNC(=O)c2cc(N)cc(Br)c2)CCOCC1. The van der Waals surface area contributed by atoms with Crippen molar-refractivity contribution in [2.75, 3.05) is 25.5 Å². The van der Waals surface area contributed by atoms with Gasteiger partial charge in [0.05, 0.1) is 0 Å². The van der Waals surface area contributed by atoms with Gasteiger partial charge in [-0.2, -0.15) is 0 Å². The average Bonchev–Trinajstić information content (AvgIpc) is 2.36. The maximum absolute atomic E-state index is 12.1. The minimum atomic E-state index is -0.0827. The molecule has 1 heterocycles. The summed E-state index contributed by atoms with van der Waals surface area (Å²) >= 11 is 3.34. The molecule has 19 heavy (non-hydrogen) atoms. The largest absolute Gasteiger partial charge is 0.399 e. The third-order valence-electron chi connectivity index (χ3n) is 3.56. The molecule has 0 spiro atoms. The number of amides is 1. The summed E-state index contributed by atoms with van der Waals surface area (Å²) in [6.45, 7) is 4.40. The van der Waals surface area contributed by atoms with Gasteiger partial charge in [-0.1, -0.05) is 22.9 Å². The first kappa shape index (κ1) is 14.3. The van der Waals surface area contributed by atoms with Crippen molar-refractivity contribution in [3.63, 3.8) is 0 Å². The highest BCUT2D eigenvalue weighted by Crippen LogP contribution is 2.28. The fraction of sp³-hybridized carbons (Fsp3) is 0.500. The molecular formula is C14H19BrN2O2. The summed E-state index contributed by atoms with van der Waals surface area (Å²) in [5, 5.41) is 2.99. The van der Waals surface area contributed by atoms with Gasteiger partial charge in [-0.05, 0) is 36.5 Å². The zero-order chi connectivity index (χ0) is 13.9. The van der Waals surface area contributed by atoms with E-state index in [0.29, 0.717) is 17.8 Å². The third-order valence-corrected chi connectivity index (χ3v) is 4.02. The van der Waals surface area contributed by atoms with E-state index in [9.17, 15) is 4.79 Å². The summed E-state index contributed by atoms with van der Waals surface area (Å²) in [6.07, 6.45) is 1.96. The van der Waals surface area contributed by atoms with Gasteiger partial charge in [0.25, 0.3) is 5.91 Å². The number of ether oxygens (including phenoxy) is 1. The van der Waals surface area contributed by atoms with E-state index in [1.54, 1.807) is 18.2 Å². The van der Waals surface area contributed by atoms with E-state index in [0.717, 1.165) is 30.5 Å². The second-order valence-electron chi connectivity index (χ2n) is 5.38. The van der Waals surface area contributed by atoms with Gasteiger partial charge < -0.3 is 15.8 Å². The van der Waals surface area contributed by atoms with Gasteiger partial charge in [-0.15, -0.1) is 0 Å². The molecule has 0 bridgehead atoms. The van der Waals surface area contributed by atoms with Gasteiger partial charge in [0.15, 0.2) is 0 Å². The Morgan fingerprint density at radius 2 is 2.11 bits per heavy atom. The van der Waals surface area contributed by atoms with Crippen molar-refractivity contribution in [2.24, 2.45) is 5.41 Å². The zero-order valence-corrected chi connectivity index (χ0v) is 12.6. The molecule has 1 aliphatic heterocycles. The van der Waals surface area contributed by atoms with Gasteiger partial charge in [-0.25, -0.2) is 0 Å². The van der Waals surface area contributed by atoms with Crippen molar-refractivity contribution < 1.29 is 9.53 Å². The number of nitrogens with two attached hydrogens (primary N) is 1. The van der Waals surface area contributed by atoms with Gasteiger partial charge >= 0.3 is 0 Å². The molecule has 0 unspecified atom stereocenters. The number of halogens is 1. The van der Waals surface area contributed by atoms with E-state index in [2.05, 4.69) is 28.2 Å². The Kier molecular flexibility index (Phi) is 4.47. The van der Waals surface area contributed by atoms with Gasteiger partial charge in [0, 0.05) is 35.5 Å². The smallest absolute Gasteiger partial charge is 0.251 e. The van der Waals surface area contributed by atoms with Crippen LogP contribution in [0.4, 0.5) is 5.69 Å². The van der Waals surface area contributed by atoms with E-state index in [-0.39, 0.29) is 11.3 Å². The van der Waals surface area contributed by atoms with Crippen LogP contribution in [0.25, 0.3) is 0 Å². The maximum atomic E-state index is 12.1. The first-order chi connectivity index (χ1) is 8.98. The highest BCUT2D eigenvalue weighted by Gasteiger charge is 2.27. The fourth-order valence-electron chi connectivity index (χ4n) is 2.18. The molecule has 1 amide bonds. The predicted octanol–water partition coefficient (Wildman–Crippen LogP) is 2.58. The lowest BCUT2D eigenvalue weighted by Gasteiger charge is -2.33. The molecule has 3 N–H and O–H groups in total. The first-order valence-electron chi connectivity index (χ1n) is 6.41. The standard InChI is InChI=1S/C14H19BrN2O2/c1-14(2-4-19-5-3-14)9-17-13(18)10-6-11(15)8-12(16)7-10/h6-8H,2-5,9,16H2,1H3,(H,17,18). The lowest BCUT2D eigenvalue weighted by Crippen LogP contribution is -2.39. The zero-order valence-electron chi connectivity index (χ0n) is 11.0. The topological polar surface area (TPSA) is 64.4 Å². The normalized spacial score (nSPS) is 18.0. The van der Waals surface area contributed by atoms with Crippen LogP contribution in [0, 0.1) is 5.41 Å². The summed E-state index contributed by atoms with van der Waals surface area (Å²) in [6, 6.07) is 5.24. The summed E-state index contributed by atoms with van der Waals surface area (Å²) < 4.78 is 6.17. The fourth-order valence-corrected chi connectivity index (χ4v) is 2.69. The van der Waals surface area contributed by atoms with Crippen LogP contribution in [0.3, 0.4) is 0 Å². The Morgan fingerprint density at radius 1 is 1.42 bits per heavy atom. The van der Waals surface area contributed by atoms with Crippen LogP contribution in [0.1, 0.15) is 30.1 Å².